The molecule has 0 radical (unpaired) electrons. The van der Waals surface area contributed by atoms with E-state index in [9.17, 15) is 13.6 Å². The molecule has 0 heterocycles. The van der Waals surface area contributed by atoms with Crippen molar-refractivity contribution in [3.8, 4) is 0 Å². The third-order valence-corrected chi connectivity index (χ3v) is 1.95. The van der Waals surface area contributed by atoms with E-state index in [2.05, 4.69) is 10.6 Å². The smallest absolute Gasteiger partial charge is 0.312 e. The third-order valence-electron chi connectivity index (χ3n) is 1.95. The van der Waals surface area contributed by atoms with Crippen LogP contribution >= 0.6 is 0 Å². The normalized spacial score (nSPS) is 10.1. The number of hydrogen-bond donors (Lipinski definition) is 3. The average molecular weight is 229 g/mol. The summed E-state index contributed by atoms with van der Waals surface area (Å²) in [5.41, 5.74) is 5.09. The number of nitrogens with two attached hydrogens (primary N) is 1. The lowest BCUT2D eigenvalue weighted by Gasteiger charge is -2.06. The molecule has 0 saturated carbocycles. The van der Waals surface area contributed by atoms with Crippen LogP contribution in [0.1, 0.15) is 5.56 Å². The Kier molecular flexibility index (Phi) is 4.65. The predicted octanol–water partition coefficient (Wildman–Crippen LogP) is 0.723. The van der Waals surface area contributed by atoms with E-state index in [0.29, 0.717) is 13.1 Å². The van der Waals surface area contributed by atoms with Gasteiger partial charge in [0, 0.05) is 25.2 Å². The van der Waals surface area contributed by atoms with E-state index in [-0.39, 0.29) is 12.1 Å². The zero-order chi connectivity index (χ0) is 12.0. The molecule has 0 aliphatic rings. The van der Waals surface area contributed by atoms with Gasteiger partial charge in [0.2, 0.25) is 0 Å². The first-order valence-corrected chi connectivity index (χ1v) is 4.78. The van der Waals surface area contributed by atoms with Gasteiger partial charge in [0.1, 0.15) is 0 Å². The van der Waals surface area contributed by atoms with Gasteiger partial charge in [-0.15, -0.1) is 0 Å². The van der Waals surface area contributed by atoms with Gasteiger partial charge in [-0.25, -0.2) is 13.6 Å². The minimum atomic E-state index is -0.866. The van der Waals surface area contributed by atoms with Gasteiger partial charge in [-0.05, 0) is 6.07 Å². The number of amides is 2. The topological polar surface area (TPSA) is 67.2 Å². The highest BCUT2D eigenvalue weighted by Crippen LogP contribution is 2.10. The molecule has 0 fully saturated rings. The number of rotatable bonds is 5. The van der Waals surface area contributed by atoms with Crippen molar-refractivity contribution >= 4 is 6.03 Å². The minimum Gasteiger partial charge on any atom is -0.352 e. The molecular formula is C10H13F2N3O. The van der Waals surface area contributed by atoms with Crippen molar-refractivity contribution in [1.82, 2.24) is 10.6 Å². The highest BCUT2D eigenvalue weighted by molar-refractivity contribution is 5.71. The molecule has 1 aromatic rings. The molecule has 0 saturated heterocycles. The van der Waals surface area contributed by atoms with Gasteiger partial charge in [-0.3, -0.25) is 0 Å². The molecular weight excluding hydrogens is 216 g/mol. The van der Waals surface area contributed by atoms with Crippen LogP contribution < -0.4 is 16.4 Å². The fraction of sp³-hybridized carbons (Fsp3) is 0.300. The molecule has 1 rings (SSSR count). The lowest BCUT2D eigenvalue weighted by atomic mass is 10.2. The summed E-state index contributed by atoms with van der Waals surface area (Å²) in [6.45, 7) is 0.967. The summed E-state index contributed by atoms with van der Waals surface area (Å²) < 4.78 is 25.9. The highest BCUT2D eigenvalue weighted by Gasteiger charge is 2.06. The molecule has 0 atom stereocenters. The SMILES string of the molecule is NC(=O)NCCNCc1cccc(F)c1F. The lowest BCUT2D eigenvalue weighted by molar-refractivity contribution is 0.249. The van der Waals surface area contributed by atoms with Crippen molar-refractivity contribution < 1.29 is 13.6 Å². The molecule has 6 heteroatoms. The summed E-state index contributed by atoms with van der Waals surface area (Å²) >= 11 is 0. The summed E-state index contributed by atoms with van der Waals surface area (Å²) in [6, 6.07) is 3.39. The van der Waals surface area contributed by atoms with Gasteiger partial charge in [-0.2, -0.15) is 0 Å². The fourth-order valence-corrected chi connectivity index (χ4v) is 1.18. The summed E-state index contributed by atoms with van der Waals surface area (Å²) in [6.07, 6.45) is 0. The van der Waals surface area contributed by atoms with Gasteiger partial charge in [-0.1, -0.05) is 12.1 Å². The molecule has 16 heavy (non-hydrogen) atoms. The zero-order valence-corrected chi connectivity index (χ0v) is 8.59. The van der Waals surface area contributed by atoms with Crippen molar-refractivity contribution in [2.75, 3.05) is 13.1 Å². The zero-order valence-electron chi connectivity index (χ0n) is 8.59. The first-order valence-electron chi connectivity index (χ1n) is 4.78. The Morgan fingerprint density at radius 3 is 2.75 bits per heavy atom. The fourth-order valence-electron chi connectivity index (χ4n) is 1.18. The van der Waals surface area contributed by atoms with Crippen molar-refractivity contribution in [3.05, 3.63) is 35.4 Å². The van der Waals surface area contributed by atoms with Crippen LogP contribution in [0.3, 0.4) is 0 Å². The number of hydrogen-bond acceptors (Lipinski definition) is 2. The van der Waals surface area contributed by atoms with Crippen molar-refractivity contribution in [1.29, 1.82) is 0 Å². The Morgan fingerprint density at radius 1 is 1.31 bits per heavy atom. The predicted molar refractivity (Wildman–Crippen MR) is 55.7 cm³/mol. The number of carbonyl (C=O) groups excluding carboxylic acids is 1. The van der Waals surface area contributed by atoms with Gasteiger partial charge in [0.15, 0.2) is 11.6 Å². The Balaban J connectivity index is 2.32. The molecule has 0 bridgehead atoms. The lowest BCUT2D eigenvalue weighted by Crippen LogP contribution is -2.35. The quantitative estimate of drug-likeness (QED) is 0.651. The van der Waals surface area contributed by atoms with Crippen LogP contribution in [0.5, 0.6) is 0 Å². The highest BCUT2D eigenvalue weighted by atomic mass is 19.2. The van der Waals surface area contributed by atoms with Crippen LogP contribution in [-0.2, 0) is 6.54 Å². The molecule has 4 N–H and O–H groups in total. The molecule has 0 spiro atoms. The van der Waals surface area contributed by atoms with Crippen molar-refractivity contribution in [2.24, 2.45) is 5.73 Å². The first kappa shape index (κ1) is 12.4. The van der Waals surface area contributed by atoms with Crippen molar-refractivity contribution in [3.63, 3.8) is 0 Å². The maximum atomic E-state index is 13.1. The third kappa shape index (κ3) is 3.82. The molecule has 2 amide bonds. The van der Waals surface area contributed by atoms with Gasteiger partial charge < -0.3 is 16.4 Å². The van der Waals surface area contributed by atoms with Gasteiger partial charge in [0.25, 0.3) is 0 Å². The Hall–Kier alpha value is -1.69. The second-order valence-corrected chi connectivity index (χ2v) is 3.18. The number of halogens is 2. The summed E-state index contributed by atoms with van der Waals surface area (Å²) in [5, 5.41) is 5.21. The monoisotopic (exact) mass is 229 g/mol. The van der Waals surface area contributed by atoms with Crippen LogP contribution in [0.15, 0.2) is 18.2 Å². The van der Waals surface area contributed by atoms with E-state index in [4.69, 9.17) is 5.73 Å². The Labute approximate surface area is 91.8 Å². The molecule has 88 valence electrons. The number of carbonyl (C=O) groups is 1. The summed E-state index contributed by atoms with van der Waals surface area (Å²) in [5.74, 6) is -1.72. The molecule has 0 aromatic heterocycles. The Bertz CT molecular complexity index is 371. The van der Waals surface area contributed by atoms with Crippen LogP contribution in [0.4, 0.5) is 13.6 Å². The second kappa shape index (κ2) is 6.02. The number of benzene rings is 1. The molecule has 0 aliphatic carbocycles. The number of nitrogens with one attached hydrogen (secondary N) is 2. The molecule has 1 aromatic carbocycles. The van der Waals surface area contributed by atoms with Crippen LogP contribution in [0.2, 0.25) is 0 Å². The number of urea groups is 1. The summed E-state index contributed by atoms with van der Waals surface area (Å²) in [4.78, 5) is 10.3. The standard InChI is InChI=1S/C10H13F2N3O/c11-8-3-1-2-7(9(8)12)6-14-4-5-15-10(13)16/h1-3,14H,4-6H2,(H3,13,15,16). The maximum absolute atomic E-state index is 13.1. The van der Waals surface area contributed by atoms with Crippen LogP contribution in [0, 0.1) is 11.6 Å². The number of primary amides is 1. The van der Waals surface area contributed by atoms with Crippen molar-refractivity contribution in [2.45, 2.75) is 6.54 Å². The van der Waals surface area contributed by atoms with E-state index >= 15 is 0 Å². The largest absolute Gasteiger partial charge is 0.352 e. The first-order chi connectivity index (χ1) is 7.61. The van der Waals surface area contributed by atoms with E-state index in [0.717, 1.165) is 6.07 Å². The van der Waals surface area contributed by atoms with E-state index in [1.165, 1.54) is 12.1 Å². The minimum absolute atomic E-state index is 0.198. The second-order valence-electron chi connectivity index (χ2n) is 3.18. The molecule has 4 nitrogen and oxygen atoms in total. The van der Waals surface area contributed by atoms with Gasteiger partial charge >= 0.3 is 6.03 Å². The van der Waals surface area contributed by atoms with Crippen LogP contribution in [0.25, 0.3) is 0 Å². The molecule has 0 unspecified atom stereocenters. The summed E-state index contributed by atoms with van der Waals surface area (Å²) in [7, 11) is 0. The average Bonchev–Trinajstić information content (AvgIpc) is 2.23. The maximum Gasteiger partial charge on any atom is 0.312 e. The van der Waals surface area contributed by atoms with E-state index in [1.807, 2.05) is 0 Å². The van der Waals surface area contributed by atoms with Gasteiger partial charge in [0.05, 0.1) is 0 Å². The molecule has 0 aliphatic heterocycles. The van der Waals surface area contributed by atoms with E-state index < -0.39 is 17.7 Å². The van der Waals surface area contributed by atoms with Crippen LogP contribution in [-0.4, -0.2) is 19.1 Å². The van der Waals surface area contributed by atoms with E-state index in [1.54, 1.807) is 0 Å². The Morgan fingerprint density at radius 2 is 2.06 bits per heavy atom.